The van der Waals surface area contributed by atoms with E-state index in [-0.39, 0.29) is 5.91 Å². The monoisotopic (exact) mass is 175 g/mol. The van der Waals surface area contributed by atoms with Crippen LogP contribution >= 0.6 is 15.9 Å². The van der Waals surface area contributed by atoms with Gasteiger partial charge in [0, 0.05) is 17.6 Å². The molecule has 1 rings (SSSR count). The first kappa shape index (κ1) is 5.82. The molecule has 44 valence electrons. The predicted octanol–water partition coefficient (Wildman–Crippen LogP) is 0.737. The van der Waals surface area contributed by atoms with Crippen LogP contribution in [0.4, 0.5) is 0 Å². The maximum absolute atomic E-state index is 10.6. The van der Waals surface area contributed by atoms with Crippen LogP contribution in [0.25, 0.3) is 0 Å². The third kappa shape index (κ3) is 0.916. The molecule has 0 aromatic heterocycles. The van der Waals surface area contributed by atoms with Gasteiger partial charge >= 0.3 is 0 Å². The molecule has 1 aliphatic rings. The quantitative estimate of drug-likeness (QED) is 0.532. The number of hydrogen-bond donors (Lipinski definition) is 0. The van der Waals surface area contributed by atoms with E-state index in [9.17, 15) is 4.79 Å². The van der Waals surface area contributed by atoms with Gasteiger partial charge in [-0.05, 0) is 0 Å². The Morgan fingerprint density at radius 3 is 2.62 bits per heavy atom. The minimum atomic E-state index is 0.0804. The maximum atomic E-state index is 10.6. The van der Waals surface area contributed by atoms with Crippen molar-refractivity contribution in [2.45, 2.75) is 0 Å². The molecule has 0 saturated heterocycles. The molecular weight excluding hydrogens is 170 g/mol. The van der Waals surface area contributed by atoms with Gasteiger partial charge < -0.3 is 4.90 Å². The van der Waals surface area contributed by atoms with Crippen molar-refractivity contribution in [2.75, 3.05) is 13.6 Å². The summed E-state index contributed by atoms with van der Waals surface area (Å²) in [5.74, 6) is 0.0804. The van der Waals surface area contributed by atoms with Crippen LogP contribution in [-0.4, -0.2) is 24.4 Å². The summed E-state index contributed by atoms with van der Waals surface area (Å²) >= 11 is 3.22. The zero-order chi connectivity index (χ0) is 6.15. The maximum Gasteiger partial charge on any atom is 0.247 e. The molecule has 0 N–H and O–H groups in total. The normalized spacial score (nSPS) is 19.5. The van der Waals surface area contributed by atoms with Crippen molar-refractivity contribution in [2.24, 2.45) is 0 Å². The highest BCUT2D eigenvalue weighted by atomic mass is 79.9. The van der Waals surface area contributed by atoms with E-state index in [1.807, 2.05) is 0 Å². The molecule has 0 saturated carbocycles. The van der Waals surface area contributed by atoms with Crippen molar-refractivity contribution >= 4 is 21.8 Å². The topological polar surface area (TPSA) is 20.3 Å². The molecule has 0 aliphatic carbocycles. The van der Waals surface area contributed by atoms with Crippen molar-refractivity contribution in [3.63, 3.8) is 0 Å². The van der Waals surface area contributed by atoms with Gasteiger partial charge in [-0.15, -0.1) is 0 Å². The fourth-order valence-corrected chi connectivity index (χ4v) is 1.17. The number of likely N-dealkylation sites (N-methyl/N-ethyl adjacent to an activating group) is 1. The Bertz CT molecular complexity index is 153. The van der Waals surface area contributed by atoms with Gasteiger partial charge in [0.2, 0.25) is 5.91 Å². The first-order valence-electron chi connectivity index (χ1n) is 2.31. The van der Waals surface area contributed by atoms with E-state index in [4.69, 9.17) is 0 Å². The standard InChI is InChI=1S/C5H6BrNO/c1-7-3-4(6)2-5(7)8/h2H,3H2,1H3. The lowest BCUT2D eigenvalue weighted by atomic mass is 10.6. The Balaban J connectivity index is 2.70. The van der Waals surface area contributed by atoms with Crippen molar-refractivity contribution in [3.05, 3.63) is 10.6 Å². The molecule has 0 fully saturated rings. The van der Waals surface area contributed by atoms with E-state index in [2.05, 4.69) is 15.9 Å². The summed E-state index contributed by atoms with van der Waals surface area (Å²) in [4.78, 5) is 12.2. The van der Waals surface area contributed by atoms with Crippen molar-refractivity contribution in [1.29, 1.82) is 0 Å². The SMILES string of the molecule is CN1CC(Br)=CC1=O. The van der Waals surface area contributed by atoms with Crippen LogP contribution < -0.4 is 0 Å². The van der Waals surface area contributed by atoms with Gasteiger partial charge in [-0.25, -0.2) is 0 Å². The number of rotatable bonds is 0. The number of hydrogen-bond acceptors (Lipinski definition) is 1. The highest BCUT2D eigenvalue weighted by Crippen LogP contribution is 2.13. The molecule has 0 spiro atoms. The van der Waals surface area contributed by atoms with Crippen molar-refractivity contribution in [3.8, 4) is 0 Å². The molecule has 8 heavy (non-hydrogen) atoms. The fourth-order valence-electron chi connectivity index (χ4n) is 0.594. The van der Waals surface area contributed by atoms with Crippen LogP contribution in [0, 0.1) is 0 Å². The third-order valence-electron chi connectivity index (χ3n) is 1.04. The average Bonchev–Trinajstić information content (AvgIpc) is 1.85. The first-order valence-corrected chi connectivity index (χ1v) is 3.10. The summed E-state index contributed by atoms with van der Waals surface area (Å²) in [5.41, 5.74) is 0. The molecule has 0 unspecified atom stereocenters. The van der Waals surface area contributed by atoms with Crippen LogP contribution in [0.1, 0.15) is 0 Å². The van der Waals surface area contributed by atoms with Gasteiger partial charge in [0.25, 0.3) is 0 Å². The summed E-state index contributed by atoms with van der Waals surface area (Å²) in [5, 5.41) is 0. The van der Waals surface area contributed by atoms with Crippen LogP contribution in [-0.2, 0) is 4.79 Å². The average molecular weight is 176 g/mol. The Labute approximate surface area is 56.3 Å². The molecule has 0 bridgehead atoms. The van der Waals surface area contributed by atoms with E-state index < -0.39 is 0 Å². The molecule has 0 radical (unpaired) electrons. The molecule has 1 aliphatic heterocycles. The van der Waals surface area contributed by atoms with Crippen molar-refractivity contribution < 1.29 is 4.79 Å². The van der Waals surface area contributed by atoms with E-state index in [0.717, 1.165) is 11.0 Å². The van der Waals surface area contributed by atoms with E-state index >= 15 is 0 Å². The largest absolute Gasteiger partial charge is 0.337 e. The smallest absolute Gasteiger partial charge is 0.247 e. The minimum absolute atomic E-state index is 0.0804. The van der Waals surface area contributed by atoms with E-state index in [1.54, 1.807) is 18.0 Å². The van der Waals surface area contributed by atoms with Gasteiger partial charge in [0.1, 0.15) is 0 Å². The molecule has 0 aromatic carbocycles. The lowest BCUT2D eigenvalue weighted by Gasteiger charge is -2.04. The molecular formula is C5H6BrNO. The highest BCUT2D eigenvalue weighted by molar-refractivity contribution is 9.11. The Morgan fingerprint density at radius 2 is 2.50 bits per heavy atom. The fraction of sp³-hybridized carbons (Fsp3) is 0.400. The zero-order valence-electron chi connectivity index (χ0n) is 4.52. The molecule has 1 heterocycles. The second-order valence-corrected chi connectivity index (χ2v) is 2.80. The second-order valence-electron chi connectivity index (χ2n) is 1.79. The van der Waals surface area contributed by atoms with Crippen molar-refractivity contribution in [1.82, 2.24) is 4.90 Å². The lowest BCUT2D eigenvalue weighted by Crippen LogP contribution is -2.19. The summed E-state index contributed by atoms with van der Waals surface area (Å²) in [6, 6.07) is 0. The second kappa shape index (κ2) is 1.90. The van der Waals surface area contributed by atoms with E-state index in [0.29, 0.717) is 0 Å². The van der Waals surface area contributed by atoms with Gasteiger partial charge in [-0.3, -0.25) is 4.79 Å². The van der Waals surface area contributed by atoms with Crippen LogP contribution in [0.5, 0.6) is 0 Å². The summed E-state index contributed by atoms with van der Waals surface area (Å²) in [6.07, 6.45) is 1.58. The van der Waals surface area contributed by atoms with Gasteiger partial charge in [-0.1, -0.05) is 15.9 Å². The Hall–Kier alpha value is -0.310. The molecule has 2 nitrogen and oxygen atoms in total. The third-order valence-corrected chi connectivity index (χ3v) is 1.52. The molecule has 3 heteroatoms. The minimum Gasteiger partial charge on any atom is -0.337 e. The summed E-state index contributed by atoms with van der Waals surface area (Å²) in [7, 11) is 1.77. The highest BCUT2D eigenvalue weighted by Gasteiger charge is 2.13. The molecule has 0 aromatic rings. The lowest BCUT2D eigenvalue weighted by molar-refractivity contribution is -0.123. The molecule has 1 amide bonds. The molecule has 0 atom stereocenters. The summed E-state index contributed by atoms with van der Waals surface area (Å²) < 4.78 is 0.963. The van der Waals surface area contributed by atoms with Gasteiger partial charge in [0.15, 0.2) is 0 Å². The summed E-state index contributed by atoms with van der Waals surface area (Å²) in [6.45, 7) is 0.721. The van der Waals surface area contributed by atoms with Gasteiger partial charge in [0.05, 0.1) is 6.54 Å². The van der Waals surface area contributed by atoms with E-state index in [1.165, 1.54) is 0 Å². The predicted molar refractivity (Wildman–Crippen MR) is 34.6 cm³/mol. The number of carbonyl (C=O) groups excluding carboxylic acids is 1. The number of nitrogens with zero attached hydrogens (tertiary/aromatic N) is 1. The Morgan fingerprint density at radius 1 is 1.88 bits per heavy atom. The number of carbonyl (C=O) groups is 1. The first-order chi connectivity index (χ1) is 3.70. The Kier molecular flexibility index (Phi) is 1.38. The van der Waals surface area contributed by atoms with Crippen LogP contribution in [0.2, 0.25) is 0 Å². The zero-order valence-corrected chi connectivity index (χ0v) is 6.10. The number of amides is 1. The number of halogens is 1. The van der Waals surface area contributed by atoms with Gasteiger partial charge in [-0.2, -0.15) is 0 Å². The van der Waals surface area contributed by atoms with Crippen LogP contribution in [0.15, 0.2) is 10.6 Å². The van der Waals surface area contributed by atoms with Crippen LogP contribution in [0.3, 0.4) is 0 Å².